The number of aromatic nitrogens is 2. The number of fused-ring (bicyclic) bond motifs is 3. The number of carbonyl (C=O) groups excluding carboxylic acids is 1. The van der Waals surface area contributed by atoms with Gasteiger partial charge in [0.2, 0.25) is 0 Å². The van der Waals surface area contributed by atoms with Crippen LogP contribution >= 0.6 is 0 Å². The molecule has 0 saturated carbocycles. The minimum Gasteiger partial charge on any atom is -0.550 e. The third-order valence-corrected chi connectivity index (χ3v) is 3.93. The lowest BCUT2D eigenvalue weighted by atomic mass is 10.2. The summed E-state index contributed by atoms with van der Waals surface area (Å²) >= 11 is 0. The van der Waals surface area contributed by atoms with E-state index in [1.165, 1.54) is 0 Å². The van der Waals surface area contributed by atoms with E-state index in [0.29, 0.717) is 24.4 Å². The van der Waals surface area contributed by atoms with Crippen LogP contribution in [0.15, 0.2) is 28.7 Å². The first kappa shape index (κ1) is 16.2. The number of hydrogen-bond acceptors (Lipinski definition) is 6. The molecule has 0 aliphatic heterocycles. The zero-order valence-electron chi connectivity index (χ0n) is 13.7. The quantitative estimate of drug-likeness (QED) is 0.640. The minimum absolute atomic E-state index is 0.112. The third-order valence-electron chi connectivity index (χ3n) is 3.93. The van der Waals surface area contributed by atoms with Crippen molar-refractivity contribution in [2.45, 2.75) is 39.0 Å². The Morgan fingerprint density at radius 1 is 1.21 bits per heavy atom. The van der Waals surface area contributed by atoms with Gasteiger partial charge in [-0.1, -0.05) is 25.5 Å². The zero-order valence-corrected chi connectivity index (χ0v) is 13.7. The number of carbonyl (C=O) groups is 1. The van der Waals surface area contributed by atoms with E-state index in [9.17, 15) is 9.90 Å². The molecule has 0 fully saturated rings. The number of aryl methyl sites for hydroxylation is 1. The van der Waals surface area contributed by atoms with Crippen LogP contribution in [0.4, 0.5) is 5.82 Å². The molecule has 0 saturated heterocycles. The van der Waals surface area contributed by atoms with E-state index in [1.54, 1.807) is 0 Å². The highest BCUT2D eigenvalue weighted by Gasteiger charge is 2.14. The summed E-state index contributed by atoms with van der Waals surface area (Å²) in [5, 5.41) is 14.7. The molecule has 6 nitrogen and oxygen atoms in total. The number of para-hydroxylation sites is 1. The van der Waals surface area contributed by atoms with Crippen LogP contribution in [0.25, 0.3) is 22.1 Å². The monoisotopic (exact) mass is 326 g/mol. The topological polar surface area (TPSA) is 91.1 Å². The highest BCUT2D eigenvalue weighted by Crippen LogP contribution is 2.31. The highest BCUT2D eigenvalue weighted by molar-refractivity contribution is 6.05. The molecule has 0 amide bonds. The van der Waals surface area contributed by atoms with E-state index in [-0.39, 0.29) is 6.42 Å². The fourth-order valence-corrected chi connectivity index (χ4v) is 2.69. The smallest absolute Gasteiger partial charge is 0.196 e. The van der Waals surface area contributed by atoms with Crippen LogP contribution in [-0.2, 0) is 11.2 Å². The predicted octanol–water partition coefficient (Wildman–Crippen LogP) is 2.66. The van der Waals surface area contributed by atoms with Gasteiger partial charge in [0, 0.05) is 24.3 Å². The highest BCUT2D eigenvalue weighted by atomic mass is 16.4. The third kappa shape index (κ3) is 3.48. The van der Waals surface area contributed by atoms with Gasteiger partial charge in [-0.05, 0) is 31.4 Å². The molecular weight excluding hydrogens is 306 g/mol. The molecule has 1 aromatic carbocycles. The Balaban J connectivity index is 1.78. The maximum atomic E-state index is 10.4. The summed E-state index contributed by atoms with van der Waals surface area (Å²) in [6.45, 7) is 2.73. The van der Waals surface area contributed by atoms with Gasteiger partial charge in [0.25, 0.3) is 0 Å². The first-order valence-corrected chi connectivity index (χ1v) is 8.31. The minimum atomic E-state index is -0.990. The molecule has 0 aliphatic carbocycles. The number of carboxylic acids is 1. The summed E-state index contributed by atoms with van der Waals surface area (Å²) in [6, 6.07) is 7.82. The van der Waals surface area contributed by atoms with Gasteiger partial charge in [0.05, 0.1) is 0 Å². The number of carboxylic acid groups (broad SMARTS) is 1. The second-order valence-electron chi connectivity index (χ2n) is 5.73. The molecule has 3 rings (SSSR count). The van der Waals surface area contributed by atoms with Crippen LogP contribution in [-0.4, -0.2) is 22.5 Å². The molecule has 1 N–H and O–H groups in total. The normalized spacial score (nSPS) is 11.2. The van der Waals surface area contributed by atoms with Crippen molar-refractivity contribution in [3.8, 4) is 0 Å². The Labute approximate surface area is 139 Å². The standard InChI is InChI=1S/C18H21N3O3/c1-2-14-20-16-12-8-5-6-9-13(12)24-17(16)18(21-14)19-11-7-3-4-10-15(22)23/h5-6,8-9H,2-4,7,10-11H2,1H3,(H,22,23)(H,19,20,21)/p-1. The van der Waals surface area contributed by atoms with Crippen LogP contribution in [0.3, 0.4) is 0 Å². The number of aliphatic carboxylic acids is 1. The van der Waals surface area contributed by atoms with Gasteiger partial charge < -0.3 is 19.6 Å². The molecule has 3 aromatic rings. The van der Waals surface area contributed by atoms with Crippen molar-refractivity contribution in [2.24, 2.45) is 0 Å². The van der Waals surface area contributed by atoms with Gasteiger partial charge in [0.1, 0.15) is 16.9 Å². The van der Waals surface area contributed by atoms with Gasteiger partial charge in [-0.25, -0.2) is 9.97 Å². The number of furan rings is 1. The molecular formula is C18H20N3O3-. The van der Waals surface area contributed by atoms with Crippen molar-refractivity contribution in [3.05, 3.63) is 30.1 Å². The molecule has 0 radical (unpaired) electrons. The van der Waals surface area contributed by atoms with Crippen molar-refractivity contribution in [2.75, 3.05) is 11.9 Å². The molecule has 6 heteroatoms. The van der Waals surface area contributed by atoms with E-state index in [1.807, 2.05) is 31.2 Å². The van der Waals surface area contributed by atoms with Crippen molar-refractivity contribution in [3.63, 3.8) is 0 Å². The SMILES string of the molecule is CCc1nc(NCCCCCC(=O)[O-])c2oc3ccccc3c2n1. The predicted molar refractivity (Wildman–Crippen MR) is 90.7 cm³/mol. The molecule has 0 spiro atoms. The molecule has 0 unspecified atom stereocenters. The van der Waals surface area contributed by atoms with Crippen molar-refractivity contribution in [1.29, 1.82) is 0 Å². The molecule has 0 aliphatic rings. The molecule has 126 valence electrons. The van der Waals surface area contributed by atoms with Crippen LogP contribution in [0.5, 0.6) is 0 Å². The molecule has 24 heavy (non-hydrogen) atoms. The van der Waals surface area contributed by atoms with Gasteiger partial charge in [0.15, 0.2) is 11.4 Å². The Kier molecular flexibility index (Phi) is 4.93. The van der Waals surface area contributed by atoms with E-state index in [4.69, 9.17) is 4.42 Å². The fraction of sp³-hybridized carbons (Fsp3) is 0.389. The second kappa shape index (κ2) is 7.29. The average molecular weight is 326 g/mol. The Morgan fingerprint density at radius 2 is 2.04 bits per heavy atom. The Morgan fingerprint density at radius 3 is 2.83 bits per heavy atom. The lowest BCUT2D eigenvalue weighted by molar-refractivity contribution is -0.305. The van der Waals surface area contributed by atoms with Crippen LogP contribution in [0.2, 0.25) is 0 Å². The Hall–Kier alpha value is -2.63. The summed E-state index contributed by atoms with van der Waals surface area (Å²) in [4.78, 5) is 19.5. The van der Waals surface area contributed by atoms with E-state index in [0.717, 1.165) is 41.6 Å². The number of hydrogen-bond donors (Lipinski definition) is 1. The fourth-order valence-electron chi connectivity index (χ4n) is 2.69. The number of unbranched alkanes of at least 4 members (excludes halogenated alkanes) is 2. The number of nitrogens with zero attached hydrogens (tertiary/aromatic N) is 2. The summed E-state index contributed by atoms with van der Waals surface area (Å²) in [6.07, 6.45) is 3.18. The van der Waals surface area contributed by atoms with Gasteiger partial charge in [-0.3, -0.25) is 0 Å². The largest absolute Gasteiger partial charge is 0.550 e. The summed E-state index contributed by atoms with van der Waals surface area (Å²) in [5.41, 5.74) is 2.30. The summed E-state index contributed by atoms with van der Waals surface area (Å²) in [7, 11) is 0. The van der Waals surface area contributed by atoms with E-state index < -0.39 is 5.97 Å². The molecule has 0 atom stereocenters. The first-order chi connectivity index (χ1) is 11.7. The number of rotatable bonds is 8. The number of anilines is 1. The lowest BCUT2D eigenvalue weighted by Crippen LogP contribution is -2.21. The Bertz CT molecular complexity index is 857. The van der Waals surface area contributed by atoms with Crippen LogP contribution < -0.4 is 10.4 Å². The number of benzene rings is 1. The molecule has 2 aromatic heterocycles. The van der Waals surface area contributed by atoms with Gasteiger partial charge in [-0.2, -0.15) is 0 Å². The summed E-state index contributed by atoms with van der Waals surface area (Å²) < 4.78 is 5.92. The maximum absolute atomic E-state index is 10.4. The summed E-state index contributed by atoms with van der Waals surface area (Å²) in [5.74, 6) is 0.483. The van der Waals surface area contributed by atoms with Gasteiger partial charge >= 0.3 is 0 Å². The van der Waals surface area contributed by atoms with Gasteiger partial charge in [-0.15, -0.1) is 0 Å². The zero-order chi connectivity index (χ0) is 16.9. The van der Waals surface area contributed by atoms with Crippen molar-refractivity contribution < 1.29 is 14.3 Å². The molecule has 2 heterocycles. The van der Waals surface area contributed by atoms with Crippen molar-refractivity contribution in [1.82, 2.24) is 9.97 Å². The van der Waals surface area contributed by atoms with E-state index in [2.05, 4.69) is 15.3 Å². The first-order valence-electron chi connectivity index (χ1n) is 8.31. The van der Waals surface area contributed by atoms with Crippen LogP contribution in [0, 0.1) is 0 Å². The van der Waals surface area contributed by atoms with Crippen LogP contribution in [0.1, 0.15) is 38.4 Å². The van der Waals surface area contributed by atoms with Crippen molar-refractivity contribution >= 4 is 33.9 Å². The maximum Gasteiger partial charge on any atom is 0.196 e. The average Bonchev–Trinajstić information content (AvgIpc) is 2.96. The number of nitrogens with one attached hydrogen (secondary N) is 1. The lowest BCUT2D eigenvalue weighted by Gasteiger charge is -2.07. The second-order valence-corrected chi connectivity index (χ2v) is 5.73. The molecule has 0 bridgehead atoms. The van der Waals surface area contributed by atoms with E-state index >= 15 is 0 Å².